The largest absolute Gasteiger partial charge is 0.342 e. The highest BCUT2D eigenvalue weighted by molar-refractivity contribution is 7.09. The highest BCUT2D eigenvalue weighted by Gasteiger charge is 2.48. The minimum Gasteiger partial charge on any atom is -0.342 e. The lowest BCUT2D eigenvalue weighted by Gasteiger charge is -2.33. The van der Waals surface area contributed by atoms with E-state index in [0.717, 1.165) is 30.7 Å². The maximum Gasteiger partial charge on any atom is 0.248 e. The third-order valence-corrected chi connectivity index (χ3v) is 5.07. The number of nitrogens with zero attached hydrogens (tertiary/aromatic N) is 2. The predicted molar refractivity (Wildman–Crippen MR) is 76.1 cm³/mol. The molecular formula is C14H19N3O2S. The van der Waals surface area contributed by atoms with Crippen molar-refractivity contribution in [2.45, 2.75) is 57.2 Å². The van der Waals surface area contributed by atoms with Gasteiger partial charge >= 0.3 is 0 Å². The van der Waals surface area contributed by atoms with Crippen molar-refractivity contribution >= 4 is 23.2 Å². The van der Waals surface area contributed by atoms with Crippen molar-refractivity contribution in [3.05, 3.63) is 16.6 Å². The number of hydrogen-bond donors (Lipinski definition) is 1. The highest BCUT2D eigenvalue weighted by Crippen LogP contribution is 2.34. The van der Waals surface area contributed by atoms with E-state index < -0.39 is 5.54 Å². The molecule has 1 N–H and O–H groups in total. The van der Waals surface area contributed by atoms with Crippen LogP contribution in [-0.4, -0.2) is 33.3 Å². The molecular weight excluding hydrogens is 274 g/mol. The van der Waals surface area contributed by atoms with E-state index in [2.05, 4.69) is 10.3 Å². The van der Waals surface area contributed by atoms with Gasteiger partial charge in [-0.3, -0.25) is 9.59 Å². The van der Waals surface area contributed by atoms with Gasteiger partial charge in [0.25, 0.3) is 0 Å². The van der Waals surface area contributed by atoms with E-state index >= 15 is 0 Å². The Bertz CT molecular complexity index is 508. The molecule has 1 spiro atoms. The first-order valence-corrected chi connectivity index (χ1v) is 7.99. The van der Waals surface area contributed by atoms with Crippen LogP contribution in [0.1, 0.15) is 44.0 Å². The number of amides is 2. The van der Waals surface area contributed by atoms with E-state index in [1.807, 2.05) is 17.2 Å². The zero-order valence-electron chi connectivity index (χ0n) is 11.6. The van der Waals surface area contributed by atoms with Crippen LogP contribution >= 0.6 is 11.3 Å². The van der Waals surface area contributed by atoms with E-state index in [1.165, 1.54) is 0 Å². The zero-order chi connectivity index (χ0) is 14.2. The lowest BCUT2D eigenvalue weighted by Crippen LogP contribution is -2.55. The molecule has 2 aliphatic rings. The molecule has 5 nitrogen and oxygen atoms in total. The molecule has 2 amide bonds. The lowest BCUT2D eigenvalue weighted by atomic mass is 9.95. The fraction of sp³-hybridized carbons (Fsp3) is 0.643. The minimum atomic E-state index is -0.654. The number of carbonyl (C=O) groups is 2. The van der Waals surface area contributed by atoms with Crippen LogP contribution in [0.3, 0.4) is 0 Å². The Labute approximate surface area is 122 Å². The summed E-state index contributed by atoms with van der Waals surface area (Å²) < 4.78 is 0. The Morgan fingerprint density at radius 1 is 1.45 bits per heavy atom. The highest BCUT2D eigenvalue weighted by atomic mass is 32.1. The zero-order valence-corrected chi connectivity index (χ0v) is 12.4. The molecule has 6 heteroatoms. The SMILES string of the molecule is CC1CC(=O)NC2(CCCC2)C(=O)N1Cc1nccs1. The van der Waals surface area contributed by atoms with Gasteiger partial charge in [0.2, 0.25) is 11.8 Å². The van der Waals surface area contributed by atoms with Crippen LogP contribution in [0, 0.1) is 0 Å². The molecule has 0 bridgehead atoms. The van der Waals surface area contributed by atoms with Crippen LogP contribution in [-0.2, 0) is 16.1 Å². The van der Waals surface area contributed by atoms with Gasteiger partial charge in [-0.25, -0.2) is 4.98 Å². The van der Waals surface area contributed by atoms with E-state index in [0.29, 0.717) is 13.0 Å². The maximum absolute atomic E-state index is 12.9. The van der Waals surface area contributed by atoms with Crippen LogP contribution in [0.5, 0.6) is 0 Å². The first-order chi connectivity index (χ1) is 9.61. The quantitative estimate of drug-likeness (QED) is 0.902. The van der Waals surface area contributed by atoms with Crippen molar-refractivity contribution < 1.29 is 9.59 Å². The van der Waals surface area contributed by atoms with Crippen LogP contribution in [0.4, 0.5) is 0 Å². The fourth-order valence-corrected chi connectivity index (χ4v) is 3.86. The number of carbonyl (C=O) groups excluding carboxylic acids is 2. The summed E-state index contributed by atoms with van der Waals surface area (Å²) in [7, 11) is 0. The summed E-state index contributed by atoms with van der Waals surface area (Å²) in [5, 5.41) is 5.83. The molecule has 108 valence electrons. The van der Waals surface area contributed by atoms with Crippen molar-refractivity contribution in [1.82, 2.24) is 15.2 Å². The number of nitrogens with one attached hydrogen (secondary N) is 1. The van der Waals surface area contributed by atoms with Crippen LogP contribution in [0.25, 0.3) is 0 Å². The van der Waals surface area contributed by atoms with Crippen molar-refractivity contribution in [3.8, 4) is 0 Å². The first-order valence-electron chi connectivity index (χ1n) is 7.11. The summed E-state index contributed by atoms with van der Waals surface area (Å²) in [6.07, 6.45) is 5.66. The monoisotopic (exact) mass is 293 g/mol. The average molecular weight is 293 g/mol. The molecule has 1 saturated heterocycles. The van der Waals surface area contributed by atoms with Gasteiger partial charge in [-0.05, 0) is 19.8 Å². The first kappa shape index (κ1) is 13.5. The van der Waals surface area contributed by atoms with Gasteiger partial charge in [0.05, 0.1) is 6.54 Å². The number of thiazole rings is 1. The molecule has 1 atom stereocenters. The Kier molecular flexibility index (Phi) is 3.50. The summed E-state index contributed by atoms with van der Waals surface area (Å²) >= 11 is 1.55. The van der Waals surface area contributed by atoms with Crippen LogP contribution in [0.2, 0.25) is 0 Å². The Hall–Kier alpha value is -1.43. The van der Waals surface area contributed by atoms with E-state index in [1.54, 1.807) is 17.5 Å². The predicted octanol–water partition coefficient (Wildman–Crippen LogP) is 1.69. The van der Waals surface area contributed by atoms with Gasteiger partial charge in [-0.1, -0.05) is 12.8 Å². The van der Waals surface area contributed by atoms with Crippen LogP contribution in [0.15, 0.2) is 11.6 Å². The van der Waals surface area contributed by atoms with E-state index in [-0.39, 0.29) is 17.9 Å². The van der Waals surface area contributed by atoms with Gasteiger partial charge in [0, 0.05) is 24.0 Å². The van der Waals surface area contributed by atoms with Crippen LogP contribution < -0.4 is 5.32 Å². The fourth-order valence-electron chi connectivity index (χ4n) is 3.25. The van der Waals surface area contributed by atoms with Gasteiger partial charge in [-0.2, -0.15) is 0 Å². The van der Waals surface area contributed by atoms with Crippen molar-refractivity contribution in [1.29, 1.82) is 0 Å². The van der Waals surface area contributed by atoms with E-state index in [9.17, 15) is 9.59 Å². The number of aromatic nitrogens is 1. The molecule has 1 aliphatic carbocycles. The molecule has 20 heavy (non-hydrogen) atoms. The summed E-state index contributed by atoms with van der Waals surface area (Å²) in [4.78, 5) is 31.1. The Balaban J connectivity index is 1.89. The molecule has 1 unspecified atom stereocenters. The lowest BCUT2D eigenvalue weighted by molar-refractivity contribution is -0.140. The summed E-state index contributed by atoms with van der Waals surface area (Å²) in [6.45, 7) is 2.45. The Morgan fingerprint density at radius 3 is 2.85 bits per heavy atom. The average Bonchev–Trinajstić information content (AvgIpc) is 3.04. The second-order valence-electron chi connectivity index (χ2n) is 5.75. The summed E-state index contributed by atoms with van der Waals surface area (Å²) in [5.41, 5.74) is -0.654. The van der Waals surface area contributed by atoms with Gasteiger partial charge < -0.3 is 10.2 Å². The molecule has 2 heterocycles. The van der Waals surface area contributed by atoms with E-state index in [4.69, 9.17) is 0 Å². The minimum absolute atomic E-state index is 0.00520. The molecule has 3 rings (SSSR count). The second kappa shape index (κ2) is 5.16. The van der Waals surface area contributed by atoms with Gasteiger partial charge in [0.15, 0.2) is 0 Å². The summed E-state index contributed by atoms with van der Waals surface area (Å²) in [6, 6.07) is -0.0774. The topological polar surface area (TPSA) is 62.3 Å². The normalized spacial score (nSPS) is 25.9. The molecule has 0 radical (unpaired) electrons. The summed E-state index contributed by atoms with van der Waals surface area (Å²) in [5.74, 6) is 0.0675. The number of hydrogen-bond acceptors (Lipinski definition) is 4. The van der Waals surface area contributed by atoms with Crippen molar-refractivity contribution in [2.75, 3.05) is 0 Å². The Morgan fingerprint density at radius 2 is 2.20 bits per heavy atom. The molecule has 1 aromatic rings. The van der Waals surface area contributed by atoms with Gasteiger partial charge in [-0.15, -0.1) is 11.3 Å². The van der Waals surface area contributed by atoms with Crippen molar-refractivity contribution in [2.24, 2.45) is 0 Å². The molecule has 1 saturated carbocycles. The van der Waals surface area contributed by atoms with Crippen molar-refractivity contribution in [3.63, 3.8) is 0 Å². The maximum atomic E-state index is 12.9. The van der Waals surface area contributed by atoms with Gasteiger partial charge in [0.1, 0.15) is 10.5 Å². The molecule has 1 aromatic heterocycles. The second-order valence-corrected chi connectivity index (χ2v) is 6.73. The number of rotatable bonds is 2. The molecule has 1 aliphatic heterocycles. The molecule has 2 fully saturated rings. The molecule has 0 aromatic carbocycles. The third-order valence-electron chi connectivity index (χ3n) is 4.31. The standard InChI is InChI=1S/C14H19N3O2S/c1-10-8-11(18)16-14(4-2-3-5-14)13(19)17(10)9-12-15-6-7-20-12/h6-7,10H,2-5,8-9H2,1H3,(H,16,18). The third kappa shape index (κ3) is 2.32. The smallest absolute Gasteiger partial charge is 0.248 e.